The predicted molar refractivity (Wildman–Crippen MR) is 78.3 cm³/mol. The van der Waals surface area contributed by atoms with Gasteiger partial charge in [0.05, 0.1) is 12.4 Å². The lowest BCUT2D eigenvalue weighted by atomic mass is 10.0. The summed E-state index contributed by atoms with van der Waals surface area (Å²) < 4.78 is 5.67. The minimum absolute atomic E-state index is 0.198. The highest BCUT2D eigenvalue weighted by atomic mass is 32.2. The van der Waals surface area contributed by atoms with Gasteiger partial charge in [0.25, 0.3) is 0 Å². The fourth-order valence-electron chi connectivity index (χ4n) is 1.27. The molecular formula is C11H20O2S3. The molecule has 1 atom stereocenters. The van der Waals surface area contributed by atoms with E-state index in [0.717, 1.165) is 12.8 Å². The number of rotatable bonds is 8. The second kappa shape index (κ2) is 10.4. The summed E-state index contributed by atoms with van der Waals surface area (Å²) in [6, 6.07) is 0. The fourth-order valence-corrected chi connectivity index (χ4v) is 1.97. The number of hydrogen-bond acceptors (Lipinski definition) is 4. The third-order valence-electron chi connectivity index (χ3n) is 2.34. The van der Waals surface area contributed by atoms with E-state index in [1.165, 1.54) is 24.6 Å². The van der Waals surface area contributed by atoms with Crippen molar-refractivity contribution in [3.63, 3.8) is 0 Å². The molecule has 0 aliphatic heterocycles. The third-order valence-corrected chi connectivity index (χ3v) is 3.70. The Balaban J connectivity index is 3.66. The Morgan fingerprint density at radius 3 is 2.69 bits per heavy atom. The Morgan fingerprint density at radius 1 is 1.50 bits per heavy atom. The van der Waals surface area contributed by atoms with E-state index < -0.39 is 0 Å². The highest BCUT2D eigenvalue weighted by molar-refractivity contribution is 8.41. The van der Waals surface area contributed by atoms with Gasteiger partial charge in [-0.1, -0.05) is 57.1 Å². The van der Waals surface area contributed by atoms with Crippen LogP contribution in [-0.2, 0) is 9.53 Å². The monoisotopic (exact) mass is 280 g/mol. The lowest BCUT2D eigenvalue weighted by molar-refractivity contribution is -0.141. The van der Waals surface area contributed by atoms with Crippen LogP contribution in [0.5, 0.6) is 0 Å². The molecule has 0 heterocycles. The van der Waals surface area contributed by atoms with Gasteiger partial charge in [0.2, 0.25) is 0 Å². The van der Waals surface area contributed by atoms with Crippen LogP contribution in [0.15, 0.2) is 0 Å². The zero-order valence-corrected chi connectivity index (χ0v) is 12.4. The van der Waals surface area contributed by atoms with Crippen molar-refractivity contribution in [1.29, 1.82) is 0 Å². The molecule has 0 aromatic rings. The van der Waals surface area contributed by atoms with E-state index in [2.05, 4.69) is 26.5 Å². The number of esters is 1. The lowest BCUT2D eigenvalue weighted by Crippen LogP contribution is -2.15. The van der Waals surface area contributed by atoms with Crippen LogP contribution in [0.2, 0.25) is 0 Å². The fraction of sp³-hybridized carbons (Fsp3) is 0.818. The normalized spacial score (nSPS) is 12.2. The second-order valence-electron chi connectivity index (χ2n) is 3.65. The summed E-state index contributed by atoms with van der Waals surface area (Å²) >= 11 is 9.92. The van der Waals surface area contributed by atoms with Crippen LogP contribution in [0.1, 0.15) is 39.5 Å². The highest BCUT2D eigenvalue weighted by Crippen LogP contribution is 2.14. The van der Waals surface area contributed by atoms with Crippen molar-refractivity contribution in [2.75, 3.05) is 12.4 Å². The average Bonchev–Trinajstić information content (AvgIpc) is 2.26. The molecule has 0 fully saturated rings. The predicted octanol–water partition coefficient (Wildman–Crippen LogP) is 3.69. The summed E-state index contributed by atoms with van der Waals surface area (Å²) in [5.74, 6) is 0.570. The van der Waals surface area contributed by atoms with Crippen molar-refractivity contribution >= 4 is 46.1 Å². The smallest absolute Gasteiger partial charge is 0.316 e. The number of unbranched alkanes of at least 4 members (excludes halogenated alkanes) is 1. The first-order chi connectivity index (χ1) is 7.60. The van der Waals surface area contributed by atoms with Crippen molar-refractivity contribution in [2.24, 2.45) is 5.92 Å². The number of thiocarbonyl (C=S) groups is 1. The molecule has 0 saturated heterocycles. The maximum Gasteiger partial charge on any atom is 0.316 e. The Labute approximate surface area is 113 Å². The molecule has 0 aliphatic carbocycles. The molecule has 94 valence electrons. The first-order valence-electron chi connectivity index (χ1n) is 5.61. The number of carbonyl (C=O) groups is 1. The maximum absolute atomic E-state index is 11.3. The second-order valence-corrected chi connectivity index (χ2v) is 6.36. The molecule has 2 nitrogen and oxygen atoms in total. The van der Waals surface area contributed by atoms with Crippen LogP contribution in [-0.4, -0.2) is 21.9 Å². The topological polar surface area (TPSA) is 26.3 Å². The first-order valence-corrected chi connectivity index (χ1v) is 7.45. The van der Waals surface area contributed by atoms with Gasteiger partial charge in [-0.15, -0.1) is 12.6 Å². The molecule has 0 aromatic carbocycles. The molecule has 0 saturated carbocycles. The van der Waals surface area contributed by atoms with Gasteiger partial charge in [-0.2, -0.15) is 0 Å². The van der Waals surface area contributed by atoms with E-state index in [1.54, 1.807) is 0 Å². The summed E-state index contributed by atoms with van der Waals surface area (Å²) in [7, 11) is 0. The van der Waals surface area contributed by atoms with Gasteiger partial charge in [0.15, 0.2) is 0 Å². The Hall–Kier alpha value is 0.260. The summed E-state index contributed by atoms with van der Waals surface area (Å²) in [6.07, 6.45) is 4.59. The number of thioether (sulfide) groups is 1. The average molecular weight is 280 g/mol. The highest BCUT2D eigenvalue weighted by Gasteiger charge is 2.10. The number of ether oxygens (including phenoxy) is 1. The van der Waals surface area contributed by atoms with Crippen molar-refractivity contribution in [3.8, 4) is 0 Å². The number of carbonyl (C=O) groups excluding carboxylic acids is 1. The van der Waals surface area contributed by atoms with Crippen molar-refractivity contribution in [1.82, 2.24) is 0 Å². The van der Waals surface area contributed by atoms with Gasteiger partial charge in [-0.05, 0) is 12.3 Å². The molecule has 0 rings (SSSR count). The quantitative estimate of drug-likeness (QED) is 0.417. The Morgan fingerprint density at radius 2 is 2.19 bits per heavy atom. The molecule has 0 bridgehead atoms. The summed E-state index contributed by atoms with van der Waals surface area (Å²) in [6.45, 7) is 4.84. The molecule has 1 unspecified atom stereocenters. The minimum Gasteiger partial charge on any atom is -0.465 e. The first kappa shape index (κ1) is 16.3. The summed E-state index contributed by atoms with van der Waals surface area (Å²) in [4.78, 5) is 11.3. The molecule has 5 heteroatoms. The lowest BCUT2D eigenvalue weighted by Gasteiger charge is -2.14. The molecule has 0 N–H and O–H groups in total. The van der Waals surface area contributed by atoms with E-state index in [9.17, 15) is 4.79 Å². The SMILES string of the molecule is CCCCC(CC)COC(=O)CSC(=S)S. The van der Waals surface area contributed by atoms with Crippen LogP contribution in [0.3, 0.4) is 0 Å². The van der Waals surface area contributed by atoms with E-state index in [1.807, 2.05) is 0 Å². The van der Waals surface area contributed by atoms with Crippen molar-refractivity contribution in [2.45, 2.75) is 39.5 Å². The zero-order valence-electron chi connectivity index (χ0n) is 9.90. The van der Waals surface area contributed by atoms with Crippen molar-refractivity contribution in [3.05, 3.63) is 0 Å². The minimum atomic E-state index is -0.198. The Kier molecular flexibility index (Phi) is 10.6. The third kappa shape index (κ3) is 9.48. The molecule has 0 aromatic heterocycles. The van der Waals surface area contributed by atoms with E-state index in [-0.39, 0.29) is 11.7 Å². The molecular weight excluding hydrogens is 260 g/mol. The van der Waals surface area contributed by atoms with Crippen LogP contribution in [0, 0.1) is 5.92 Å². The molecule has 0 amide bonds. The van der Waals surface area contributed by atoms with Crippen LogP contribution in [0.4, 0.5) is 0 Å². The molecule has 0 aliphatic rings. The van der Waals surface area contributed by atoms with Gasteiger partial charge >= 0.3 is 5.97 Å². The number of thiol groups is 1. The molecule has 0 radical (unpaired) electrons. The number of hydrogen-bond donors (Lipinski definition) is 1. The van der Waals surface area contributed by atoms with Crippen LogP contribution >= 0.6 is 36.6 Å². The van der Waals surface area contributed by atoms with Gasteiger partial charge in [-0.3, -0.25) is 4.79 Å². The molecule has 16 heavy (non-hydrogen) atoms. The van der Waals surface area contributed by atoms with E-state index in [0.29, 0.717) is 16.1 Å². The summed E-state index contributed by atoms with van der Waals surface area (Å²) in [5.41, 5.74) is 0. The molecule has 0 spiro atoms. The maximum atomic E-state index is 11.3. The van der Waals surface area contributed by atoms with Crippen LogP contribution < -0.4 is 0 Å². The summed E-state index contributed by atoms with van der Waals surface area (Å²) in [5, 5.41) is 0. The van der Waals surface area contributed by atoms with E-state index >= 15 is 0 Å². The van der Waals surface area contributed by atoms with E-state index in [4.69, 9.17) is 17.0 Å². The zero-order chi connectivity index (χ0) is 12.4. The largest absolute Gasteiger partial charge is 0.465 e. The van der Waals surface area contributed by atoms with Gasteiger partial charge in [0.1, 0.15) is 3.53 Å². The standard InChI is InChI=1S/C11H20O2S3/c1-3-5-6-9(4-2)7-13-10(12)8-16-11(14)15/h9H,3-8H2,1-2H3,(H,14,15). The van der Waals surface area contributed by atoms with Crippen LogP contribution in [0.25, 0.3) is 0 Å². The van der Waals surface area contributed by atoms with Gasteiger partial charge < -0.3 is 4.74 Å². The van der Waals surface area contributed by atoms with Gasteiger partial charge in [0, 0.05) is 0 Å². The Bertz CT molecular complexity index is 219. The van der Waals surface area contributed by atoms with Gasteiger partial charge in [-0.25, -0.2) is 0 Å². The van der Waals surface area contributed by atoms with Crippen molar-refractivity contribution < 1.29 is 9.53 Å².